The first kappa shape index (κ1) is 16.2. The molecule has 0 spiro atoms. The first-order valence-corrected chi connectivity index (χ1v) is 7.15. The molecule has 0 aliphatic rings. The molecule has 3 heteroatoms. The average molecular weight is 263 g/mol. The van der Waals surface area contributed by atoms with Gasteiger partial charge < -0.3 is 10.6 Å². The zero-order valence-electron chi connectivity index (χ0n) is 13.1. The summed E-state index contributed by atoms with van der Waals surface area (Å²) < 4.78 is 0. The number of benzene rings is 1. The van der Waals surface area contributed by atoms with Crippen molar-refractivity contribution >= 4 is 0 Å². The fraction of sp³-hybridized carbons (Fsp3) is 0.625. The lowest BCUT2D eigenvalue weighted by atomic mass is 10.0. The summed E-state index contributed by atoms with van der Waals surface area (Å²) in [5, 5.41) is 0. The molecule has 0 amide bonds. The molecule has 0 heterocycles. The Bertz CT molecular complexity index is 388. The van der Waals surface area contributed by atoms with Crippen LogP contribution in [0, 0.1) is 6.92 Å². The van der Waals surface area contributed by atoms with Crippen molar-refractivity contribution in [1.29, 1.82) is 0 Å². The summed E-state index contributed by atoms with van der Waals surface area (Å²) in [6.45, 7) is 10.5. The summed E-state index contributed by atoms with van der Waals surface area (Å²) in [4.78, 5) is 4.77. The van der Waals surface area contributed by atoms with E-state index in [2.05, 4.69) is 62.9 Å². The van der Waals surface area contributed by atoms with Crippen LogP contribution in [0.1, 0.15) is 30.5 Å². The summed E-state index contributed by atoms with van der Waals surface area (Å²) in [5.74, 6) is 0. The Morgan fingerprint density at radius 1 is 1.26 bits per heavy atom. The molecular formula is C16H29N3. The Morgan fingerprint density at radius 3 is 2.42 bits per heavy atom. The molecule has 0 radical (unpaired) electrons. The Balaban J connectivity index is 2.75. The van der Waals surface area contributed by atoms with E-state index in [1.165, 1.54) is 16.7 Å². The third-order valence-electron chi connectivity index (χ3n) is 3.68. The van der Waals surface area contributed by atoms with E-state index in [4.69, 9.17) is 5.73 Å². The molecule has 3 nitrogen and oxygen atoms in total. The highest BCUT2D eigenvalue weighted by atomic mass is 15.2. The van der Waals surface area contributed by atoms with Crippen LogP contribution >= 0.6 is 0 Å². The molecule has 1 aromatic carbocycles. The van der Waals surface area contributed by atoms with Crippen LogP contribution in [0.5, 0.6) is 0 Å². The van der Waals surface area contributed by atoms with E-state index in [1.54, 1.807) is 0 Å². The van der Waals surface area contributed by atoms with Crippen LogP contribution in [0.25, 0.3) is 0 Å². The molecule has 0 bridgehead atoms. The van der Waals surface area contributed by atoms with Crippen molar-refractivity contribution in [3.8, 4) is 0 Å². The molecule has 0 fully saturated rings. The molecular weight excluding hydrogens is 234 g/mol. The predicted octanol–water partition coefficient (Wildman–Crippen LogP) is 2.23. The minimum atomic E-state index is 0.564. The third-order valence-corrected chi connectivity index (χ3v) is 3.68. The van der Waals surface area contributed by atoms with Gasteiger partial charge in [0.25, 0.3) is 0 Å². The molecule has 0 aliphatic heterocycles. The largest absolute Gasteiger partial charge is 0.326 e. The highest BCUT2D eigenvalue weighted by Crippen LogP contribution is 2.15. The van der Waals surface area contributed by atoms with Gasteiger partial charge in [-0.05, 0) is 51.2 Å². The average Bonchev–Trinajstić information content (AvgIpc) is 2.36. The van der Waals surface area contributed by atoms with Crippen LogP contribution in [-0.4, -0.2) is 43.0 Å². The van der Waals surface area contributed by atoms with Gasteiger partial charge in [-0.2, -0.15) is 0 Å². The van der Waals surface area contributed by atoms with E-state index in [-0.39, 0.29) is 0 Å². The summed E-state index contributed by atoms with van der Waals surface area (Å²) in [6.07, 6.45) is 0. The smallest absolute Gasteiger partial charge is 0.0239 e. The SMILES string of the molecule is CCN(Cc1ccc(CN)cc1C)C(C)CN(C)C. The maximum Gasteiger partial charge on any atom is 0.0239 e. The molecule has 2 N–H and O–H groups in total. The first-order valence-electron chi connectivity index (χ1n) is 7.15. The van der Waals surface area contributed by atoms with Gasteiger partial charge in [0.15, 0.2) is 0 Å². The van der Waals surface area contributed by atoms with Gasteiger partial charge in [-0.15, -0.1) is 0 Å². The zero-order chi connectivity index (χ0) is 14.4. The zero-order valence-corrected chi connectivity index (χ0v) is 13.1. The van der Waals surface area contributed by atoms with E-state index in [9.17, 15) is 0 Å². The molecule has 1 unspecified atom stereocenters. The van der Waals surface area contributed by atoms with Crippen LogP contribution in [0.3, 0.4) is 0 Å². The lowest BCUT2D eigenvalue weighted by molar-refractivity contribution is 0.174. The fourth-order valence-electron chi connectivity index (χ4n) is 2.50. The topological polar surface area (TPSA) is 32.5 Å². The van der Waals surface area contributed by atoms with Crippen molar-refractivity contribution in [2.24, 2.45) is 5.73 Å². The van der Waals surface area contributed by atoms with E-state index < -0.39 is 0 Å². The number of nitrogens with zero attached hydrogens (tertiary/aromatic N) is 2. The summed E-state index contributed by atoms with van der Waals surface area (Å²) in [5.41, 5.74) is 9.65. The number of hydrogen-bond acceptors (Lipinski definition) is 3. The highest BCUT2D eigenvalue weighted by Gasteiger charge is 2.14. The lowest BCUT2D eigenvalue weighted by Crippen LogP contribution is -2.39. The van der Waals surface area contributed by atoms with Crippen molar-refractivity contribution in [3.05, 3.63) is 34.9 Å². The minimum absolute atomic E-state index is 0.564. The van der Waals surface area contributed by atoms with Crippen molar-refractivity contribution < 1.29 is 0 Å². The van der Waals surface area contributed by atoms with E-state index >= 15 is 0 Å². The maximum atomic E-state index is 5.68. The second-order valence-electron chi connectivity index (χ2n) is 5.64. The third kappa shape index (κ3) is 4.94. The van der Waals surface area contributed by atoms with Crippen molar-refractivity contribution in [3.63, 3.8) is 0 Å². The van der Waals surface area contributed by atoms with E-state index in [1.807, 2.05) is 0 Å². The molecule has 0 saturated carbocycles. The number of aryl methyl sites for hydroxylation is 1. The Labute approximate surface area is 118 Å². The van der Waals surface area contributed by atoms with Crippen molar-refractivity contribution in [1.82, 2.24) is 9.80 Å². The minimum Gasteiger partial charge on any atom is -0.326 e. The van der Waals surface area contributed by atoms with Gasteiger partial charge in [-0.25, -0.2) is 0 Å². The van der Waals surface area contributed by atoms with Crippen LogP contribution in [-0.2, 0) is 13.1 Å². The Kier molecular flexibility index (Phi) is 6.49. The molecule has 108 valence electrons. The maximum absolute atomic E-state index is 5.68. The summed E-state index contributed by atoms with van der Waals surface area (Å²) >= 11 is 0. The van der Waals surface area contributed by atoms with Gasteiger partial charge in [0.2, 0.25) is 0 Å². The van der Waals surface area contributed by atoms with Crippen LogP contribution in [0.4, 0.5) is 0 Å². The lowest BCUT2D eigenvalue weighted by Gasteiger charge is -2.30. The Morgan fingerprint density at radius 2 is 1.95 bits per heavy atom. The molecule has 1 atom stereocenters. The van der Waals surface area contributed by atoms with Gasteiger partial charge in [0.1, 0.15) is 0 Å². The highest BCUT2D eigenvalue weighted by molar-refractivity contribution is 5.31. The van der Waals surface area contributed by atoms with Gasteiger partial charge in [-0.3, -0.25) is 4.90 Å². The van der Waals surface area contributed by atoms with Crippen molar-refractivity contribution in [2.45, 2.75) is 39.9 Å². The second kappa shape index (κ2) is 7.63. The molecule has 0 aliphatic carbocycles. The summed E-state index contributed by atoms with van der Waals surface area (Å²) in [7, 11) is 4.26. The second-order valence-corrected chi connectivity index (χ2v) is 5.64. The predicted molar refractivity (Wildman–Crippen MR) is 83.2 cm³/mol. The molecule has 0 saturated heterocycles. The van der Waals surface area contributed by atoms with Gasteiger partial charge in [0, 0.05) is 25.7 Å². The standard InChI is InChI=1S/C16H29N3/c1-6-19(14(3)11-18(4)5)12-16-8-7-15(10-17)9-13(16)2/h7-9,14H,6,10-12,17H2,1-5H3. The number of likely N-dealkylation sites (N-methyl/N-ethyl adjacent to an activating group) is 2. The normalized spacial score (nSPS) is 13.3. The quantitative estimate of drug-likeness (QED) is 0.819. The fourth-order valence-corrected chi connectivity index (χ4v) is 2.50. The van der Waals surface area contributed by atoms with Gasteiger partial charge >= 0.3 is 0 Å². The van der Waals surface area contributed by atoms with Gasteiger partial charge in [-0.1, -0.05) is 25.1 Å². The van der Waals surface area contributed by atoms with E-state index in [0.29, 0.717) is 12.6 Å². The van der Waals surface area contributed by atoms with Crippen LogP contribution in [0.2, 0.25) is 0 Å². The monoisotopic (exact) mass is 263 g/mol. The molecule has 19 heavy (non-hydrogen) atoms. The summed E-state index contributed by atoms with van der Waals surface area (Å²) in [6, 6.07) is 7.14. The molecule has 0 aromatic heterocycles. The van der Waals surface area contributed by atoms with Crippen LogP contribution < -0.4 is 5.73 Å². The molecule has 1 rings (SSSR count). The first-order chi connectivity index (χ1) is 8.97. The van der Waals surface area contributed by atoms with Crippen LogP contribution in [0.15, 0.2) is 18.2 Å². The molecule has 1 aromatic rings. The number of rotatable bonds is 7. The van der Waals surface area contributed by atoms with Crippen molar-refractivity contribution in [2.75, 3.05) is 27.2 Å². The Hall–Kier alpha value is -0.900. The number of hydrogen-bond donors (Lipinski definition) is 1. The van der Waals surface area contributed by atoms with Gasteiger partial charge in [0.05, 0.1) is 0 Å². The number of nitrogens with two attached hydrogens (primary N) is 1. The van der Waals surface area contributed by atoms with E-state index in [0.717, 1.165) is 19.6 Å².